The highest BCUT2D eigenvalue weighted by molar-refractivity contribution is 6.07. The molecular weight excluding hydrogens is 336 g/mol. The van der Waals surface area contributed by atoms with Crippen molar-refractivity contribution in [2.75, 3.05) is 4.90 Å². The van der Waals surface area contributed by atoms with Crippen LogP contribution in [0.2, 0.25) is 0 Å². The first-order valence-corrected chi connectivity index (χ1v) is 8.65. The van der Waals surface area contributed by atoms with Gasteiger partial charge in [0.2, 0.25) is 5.91 Å². The highest BCUT2D eigenvalue weighted by Gasteiger charge is 2.40. The predicted molar refractivity (Wildman–Crippen MR) is 93.5 cm³/mol. The Morgan fingerprint density at radius 1 is 0.962 bits per heavy atom. The Labute approximate surface area is 149 Å². The van der Waals surface area contributed by atoms with Crippen LogP contribution in [0.25, 0.3) is 0 Å². The van der Waals surface area contributed by atoms with E-state index >= 15 is 0 Å². The molecule has 5 heteroatoms. The summed E-state index contributed by atoms with van der Waals surface area (Å²) in [5.74, 6) is -2.10. The summed E-state index contributed by atoms with van der Waals surface area (Å²) in [4.78, 5) is 26.9. The average molecular weight is 353 g/mol. The summed E-state index contributed by atoms with van der Waals surface area (Å²) in [6, 6.07) is 12.6. The molecule has 2 aromatic carbocycles. The van der Waals surface area contributed by atoms with Gasteiger partial charge in [0.25, 0.3) is 0 Å². The smallest absolute Gasteiger partial charge is 0.232 e. The van der Waals surface area contributed by atoms with Gasteiger partial charge in [-0.15, -0.1) is 0 Å². The molecule has 1 amide bonds. The summed E-state index contributed by atoms with van der Waals surface area (Å²) in [5, 5.41) is 0. The van der Waals surface area contributed by atoms with Crippen LogP contribution in [0.15, 0.2) is 59.8 Å². The van der Waals surface area contributed by atoms with E-state index in [1.807, 2.05) is 30.3 Å². The van der Waals surface area contributed by atoms with Crippen molar-refractivity contribution >= 4 is 17.4 Å². The van der Waals surface area contributed by atoms with Crippen molar-refractivity contribution in [3.8, 4) is 0 Å². The highest BCUT2D eigenvalue weighted by Crippen LogP contribution is 2.43. The molecule has 4 rings (SSSR count). The first-order valence-electron chi connectivity index (χ1n) is 8.65. The number of anilines is 1. The number of nitrogens with zero attached hydrogens (tertiary/aromatic N) is 1. The Kier molecular flexibility index (Phi) is 4.15. The van der Waals surface area contributed by atoms with Crippen LogP contribution in [0.4, 0.5) is 14.5 Å². The first kappa shape index (κ1) is 16.6. The fourth-order valence-corrected chi connectivity index (χ4v) is 3.91. The Morgan fingerprint density at radius 2 is 1.73 bits per heavy atom. The molecule has 1 heterocycles. The zero-order chi connectivity index (χ0) is 18.3. The van der Waals surface area contributed by atoms with Crippen LogP contribution in [0, 0.1) is 11.6 Å². The van der Waals surface area contributed by atoms with Gasteiger partial charge in [-0.3, -0.25) is 14.5 Å². The van der Waals surface area contributed by atoms with Crippen LogP contribution in [0.5, 0.6) is 0 Å². The van der Waals surface area contributed by atoms with Crippen molar-refractivity contribution < 1.29 is 18.4 Å². The third-order valence-corrected chi connectivity index (χ3v) is 5.03. The van der Waals surface area contributed by atoms with Gasteiger partial charge in [-0.1, -0.05) is 30.3 Å². The van der Waals surface area contributed by atoms with Gasteiger partial charge in [0, 0.05) is 36.1 Å². The summed E-state index contributed by atoms with van der Waals surface area (Å²) in [6.07, 6.45) is 1.65. The molecule has 0 radical (unpaired) electrons. The average Bonchev–Trinajstić information content (AvgIpc) is 2.63. The van der Waals surface area contributed by atoms with Gasteiger partial charge in [-0.05, 0) is 30.5 Å². The standard InChI is InChI=1S/C21H17F2NO2/c22-14-9-10-17(16(23)11-14)24-18-7-4-8-19(25)21(18)15(12-20(24)26)13-5-2-1-3-6-13/h1-3,5-6,9-11,15H,4,7-8,12H2/t15-/m0/s1. The number of amides is 1. The van der Waals surface area contributed by atoms with E-state index < -0.39 is 11.6 Å². The number of ketones is 1. The molecule has 0 fully saturated rings. The number of hydrogen-bond donors (Lipinski definition) is 0. The van der Waals surface area contributed by atoms with Crippen LogP contribution in [-0.4, -0.2) is 11.7 Å². The molecule has 2 aromatic rings. The second-order valence-electron chi connectivity index (χ2n) is 6.63. The van der Waals surface area contributed by atoms with Crippen LogP contribution in [0.1, 0.15) is 37.2 Å². The monoisotopic (exact) mass is 353 g/mol. The van der Waals surface area contributed by atoms with Gasteiger partial charge in [0.05, 0.1) is 5.69 Å². The number of rotatable bonds is 2. The van der Waals surface area contributed by atoms with E-state index in [1.165, 1.54) is 11.0 Å². The minimum atomic E-state index is -0.804. The maximum Gasteiger partial charge on any atom is 0.232 e. The number of benzene rings is 2. The van der Waals surface area contributed by atoms with Crippen molar-refractivity contribution in [3.63, 3.8) is 0 Å². The minimum absolute atomic E-state index is 0.000114. The second-order valence-corrected chi connectivity index (χ2v) is 6.63. The van der Waals surface area contributed by atoms with E-state index in [0.717, 1.165) is 17.7 Å². The summed E-state index contributed by atoms with van der Waals surface area (Å²) >= 11 is 0. The molecule has 0 saturated carbocycles. The number of hydrogen-bond acceptors (Lipinski definition) is 2. The molecule has 1 aliphatic carbocycles. The SMILES string of the molecule is O=C1CCCC2=C1[C@H](c1ccccc1)CC(=O)N2c1ccc(F)cc1F. The van der Waals surface area contributed by atoms with Gasteiger partial charge in [-0.2, -0.15) is 0 Å². The Morgan fingerprint density at radius 3 is 2.46 bits per heavy atom. The van der Waals surface area contributed by atoms with E-state index in [1.54, 1.807) is 0 Å². The van der Waals surface area contributed by atoms with Crippen molar-refractivity contribution in [1.29, 1.82) is 0 Å². The normalized spacial score (nSPS) is 20.4. The summed E-state index contributed by atoms with van der Waals surface area (Å²) in [5.41, 5.74) is 2.05. The Bertz CT molecular complexity index is 921. The van der Waals surface area contributed by atoms with Crippen LogP contribution < -0.4 is 4.90 Å². The number of carbonyl (C=O) groups is 2. The molecule has 0 aromatic heterocycles. The summed E-state index contributed by atoms with van der Waals surface area (Å²) < 4.78 is 27.6. The molecule has 3 nitrogen and oxygen atoms in total. The van der Waals surface area contributed by atoms with Crippen molar-refractivity contribution in [3.05, 3.63) is 77.0 Å². The van der Waals surface area contributed by atoms with E-state index in [9.17, 15) is 18.4 Å². The van der Waals surface area contributed by atoms with Gasteiger partial charge < -0.3 is 0 Å². The largest absolute Gasteiger partial charge is 0.294 e. The molecule has 0 unspecified atom stereocenters. The number of halogens is 2. The molecule has 0 N–H and O–H groups in total. The fraction of sp³-hybridized carbons (Fsp3) is 0.238. The maximum atomic E-state index is 14.3. The lowest BCUT2D eigenvalue weighted by Gasteiger charge is -2.38. The quantitative estimate of drug-likeness (QED) is 0.798. The van der Waals surface area contributed by atoms with Crippen molar-refractivity contribution in [1.82, 2.24) is 0 Å². The van der Waals surface area contributed by atoms with Crippen LogP contribution in [-0.2, 0) is 9.59 Å². The summed E-state index contributed by atoms with van der Waals surface area (Å²) in [6.45, 7) is 0. The zero-order valence-corrected chi connectivity index (χ0v) is 14.0. The molecule has 1 atom stereocenters. The fourth-order valence-electron chi connectivity index (χ4n) is 3.91. The Balaban J connectivity index is 1.88. The molecular formula is C21H17F2NO2. The van der Waals surface area contributed by atoms with E-state index in [2.05, 4.69) is 0 Å². The zero-order valence-electron chi connectivity index (χ0n) is 14.0. The highest BCUT2D eigenvalue weighted by atomic mass is 19.1. The van der Waals surface area contributed by atoms with E-state index in [-0.39, 0.29) is 29.7 Å². The first-order chi connectivity index (χ1) is 12.6. The molecule has 1 aliphatic heterocycles. The van der Waals surface area contributed by atoms with E-state index in [0.29, 0.717) is 30.5 Å². The van der Waals surface area contributed by atoms with Gasteiger partial charge >= 0.3 is 0 Å². The number of Topliss-reactive ketones (excluding diaryl/α,β-unsaturated/α-hetero) is 1. The lowest BCUT2D eigenvalue weighted by molar-refractivity contribution is -0.120. The third kappa shape index (κ3) is 2.73. The van der Waals surface area contributed by atoms with Gasteiger partial charge in [0.15, 0.2) is 5.78 Å². The van der Waals surface area contributed by atoms with Crippen LogP contribution >= 0.6 is 0 Å². The lowest BCUT2D eigenvalue weighted by Crippen LogP contribution is -2.41. The topological polar surface area (TPSA) is 37.4 Å². The van der Waals surface area contributed by atoms with Crippen molar-refractivity contribution in [2.45, 2.75) is 31.6 Å². The third-order valence-electron chi connectivity index (χ3n) is 5.03. The molecule has 0 saturated heterocycles. The van der Waals surface area contributed by atoms with Crippen LogP contribution in [0.3, 0.4) is 0 Å². The molecule has 0 spiro atoms. The maximum absolute atomic E-state index is 14.3. The lowest BCUT2D eigenvalue weighted by atomic mass is 9.77. The molecule has 132 valence electrons. The number of allylic oxidation sites excluding steroid dienone is 2. The molecule has 26 heavy (non-hydrogen) atoms. The van der Waals surface area contributed by atoms with E-state index in [4.69, 9.17) is 0 Å². The molecule has 0 bridgehead atoms. The van der Waals surface area contributed by atoms with Crippen molar-refractivity contribution in [2.24, 2.45) is 0 Å². The van der Waals surface area contributed by atoms with Gasteiger partial charge in [0.1, 0.15) is 11.6 Å². The molecule has 2 aliphatic rings. The van der Waals surface area contributed by atoms with Gasteiger partial charge in [-0.25, -0.2) is 8.78 Å². The minimum Gasteiger partial charge on any atom is -0.294 e. The number of carbonyl (C=O) groups excluding carboxylic acids is 2. The summed E-state index contributed by atoms with van der Waals surface area (Å²) in [7, 11) is 0. The second kappa shape index (κ2) is 6.48. The predicted octanol–water partition coefficient (Wildman–Crippen LogP) is 4.49. The Hall–Kier alpha value is -2.82.